The predicted octanol–water partition coefficient (Wildman–Crippen LogP) is 13.4. The molecule has 4 heterocycles. The van der Waals surface area contributed by atoms with E-state index in [1.165, 1.54) is 10.8 Å². The molecule has 0 aliphatic carbocycles. The number of para-hydroxylation sites is 5. The van der Waals surface area contributed by atoms with Gasteiger partial charge in [0, 0.05) is 49.0 Å². The summed E-state index contributed by atoms with van der Waals surface area (Å²) >= 11 is 0. The van der Waals surface area contributed by atoms with Gasteiger partial charge < -0.3 is 13.4 Å². The summed E-state index contributed by atoms with van der Waals surface area (Å²) in [5, 5.41) is 6.60. The number of rotatable bonds is 5. The van der Waals surface area contributed by atoms with Gasteiger partial charge in [-0.15, -0.1) is 0 Å². The Labute approximate surface area is 325 Å². The van der Waals surface area contributed by atoms with E-state index in [1.54, 1.807) is 0 Å². The lowest BCUT2D eigenvalue weighted by Crippen LogP contribution is -2.00. The Morgan fingerprint density at radius 3 is 1.75 bits per heavy atom. The van der Waals surface area contributed by atoms with E-state index < -0.39 is 0 Å². The van der Waals surface area contributed by atoms with Crippen molar-refractivity contribution in [2.24, 2.45) is 0 Å². The maximum absolute atomic E-state index is 6.83. The molecule has 0 aliphatic rings. The van der Waals surface area contributed by atoms with Crippen LogP contribution in [-0.4, -0.2) is 19.5 Å². The van der Waals surface area contributed by atoms with Gasteiger partial charge in [0.25, 0.3) is 0 Å². The van der Waals surface area contributed by atoms with E-state index in [1.807, 2.05) is 66.7 Å². The molecule has 0 bridgehead atoms. The third-order valence-electron chi connectivity index (χ3n) is 11.1. The van der Waals surface area contributed by atoms with Crippen molar-refractivity contribution in [1.82, 2.24) is 19.5 Å². The van der Waals surface area contributed by atoms with E-state index in [0.717, 1.165) is 88.4 Å². The van der Waals surface area contributed by atoms with Crippen molar-refractivity contribution in [3.05, 3.63) is 182 Å². The second kappa shape index (κ2) is 12.3. The van der Waals surface area contributed by atoms with Crippen LogP contribution in [0.15, 0.2) is 191 Å². The second-order valence-corrected chi connectivity index (χ2v) is 14.3. The molecule has 12 rings (SSSR count). The Morgan fingerprint density at radius 2 is 0.930 bits per heavy atom. The first-order valence-corrected chi connectivity index (χ1v) is 19.0. The fraction of sp³-hybridized carbons (Fsp3) is 0. The van der Waals surface area contributed by atoms with Gasteiger partial charge in [-0.05, 0) is 54.1 Å². The van der Waals surface area contributed by atoms with E-state index in [9.17, 15) is 0 Å². The lowest BCUT2D eigenvalue weighted by atomic mass is 9.97. The van der Waals surface area contributed by atoms with Crippen LogP contribution in [0.4, 0.5) is 0 Å². The third kappa shape index (κ3) is 4.87. The number of benzene rings is 8. The third-order valence-corrected chi connectivity index (χ3v) is 11.1. The van der Waals surface area contributed by atoms with Crippen molar-refractivity contribution in [3.63, 3.8) is 0 Å². The Kier molecular flexibility index (Phi) is 6.83. The van der Waals surface area contributed by atoms with Crippen molar-refractivity contribution in [1.29, 1.82) is 0 Å². The molecule has 0 radical (unpaired) electrons. The molecule has 6 heteroatoms. The minimum absolute atomic E-state index is 0.528. The molecular weight excluding hydrogens is 701 g/mol. The molecule has 0 atom stereocenters. The van der Waals surface area contributed by atoms with Crippen LogP contribution in [0.25, 0.3) is 117 Å². The van der Waals surface area contributed by atoms with Crippen LogP contribution in [0.1, 0.15) is 0 Å². The van der Waals surface area contributed by atoms with Gasteiger partial charge in [-0.2, -0.15) is 0 Å². The Morgan fingerprint density at radius 1 is 0.351 bits per heavy atom. The van der Waals surface area contributed by atoms with Crippen molar-refractivity contribution >= 4 is 65.7 Å². The van der Waals surface area contributed by atoms with Crippen molar-refractivity contribution in [3.8, 4) is 51.0 Å². The van der Waals surface area contributed by atoms with E-state index in [0.29, 0.717) is 17.5 Å². The SMILES string of the molecule is c1ccc(-c2nc(-c3ccc4c(c3)oc3ccccc34)nc(-c3cccc4c3oc3cccc(-c5ccccc5-n5c6ccccc6c6ccccc65)c34)n2)cc1. The summed E-state index contributed by atoms with van der Waals surface area (Å²) in [5.74, 6) is 1.66. The van der Waals surface area contributed by atoms with Crippen LogP contribution in [0.2, 0.25) is 0 Å². The van der Waals surface area contributed by atoms with E-state index in [2.05, 4.69) is 120 Å². The molecule has 0 amide bonds. The smallest absolute Gasteiger partial charge is 0.167 e. The lowest BCUT2D eigenvalue weighted by molar-refractivity contribution is 0.668. The molecule has 0 unspecified atom stereocenters. The highest BCUT2D eigenvalue weighted by Crippen LogP contribution is 2.43. The number of nitrogens with zero attached hydrogens (tertiary/aromatic N) is 4. The maximum atomic E-state index is 6.83. The van der Waals surface area contributed by atoms with E-state index >= 15 is 0 Å². The second-order valence-electron chi connectivity index (χ2n) is 14.3. The summed E-state index contributed by atoms with van der Waals surface area (Å²) in [6, 6.07) is 62.7. The zero-order valence-corrected chi connectivity index (χ0v) is 30.4. The first-order chi connectivity index (χ1) is 28.3. The molecule has 0 saturated carbocycles. The average molecular weight is 731 g/mol. The summed E-state index contributed by atoms with van der Waals surface area (Å²) < 4.78 is 15.5. The molecule has 0 spiro atoms. The molecule has 0 saturated heterocycles. The standard InChI is InChI=1S/C51H30N4O2/c1-2-14-31(15-3-1)49-52-50(32-28-29-37-36-19-7-11-26-44(36)56-46(37)30-32)54-51(53-49)40-22-12-21-39-47-38(20-13-27-45(47)57-48(39)40)35-18-6-10-25-43(35)55-41-23-8-4-16-33(41)34-17-5-9-24-42(34)55/h1-30H. The first kappa shape index (κ1) is 31.5. The van der Waals surface area contributed by atoms with Gasteiger partial charge in [0.05, 0.1) is 22.3 Å². The normalized spacial score (nSPS) is 11.9. The minimum Gasteiger partial charge on any atom is -0.456 e. The largest absolute Gasteiger partial charge is 0.456 e. The molecular formula is C51H30N4O2. The summed E-state index contributed by atoms with van der Waals surface area (Å²) in [5.41, 5.74) is 11.3. The van der Waals surface area contributed by atoms with Crippen LogP contribution in [-0.2, 0) is 0 Å². The van der Waals surface area contributed by atoms with Gasteiger partial charge in [-0.25, -0.2) is 15.0 Å². The Hall–Kier alpha value is -7.83. The predicted molar refractivity (Wildman–Crippen MR) is 230 cm³/mol. The molecule has 4 aromatic heterocycles. The van der Waals surface area contributed by atoms with Crippen LogP contribution >= 0.6 is 0 Å². The van der Waals surface area contributed by atoms with E-state index in [-0.39, 0.29) is 0 Å². The Bertz CT molecular complexity index is 3490. The van der Waals surface area contributed by atoms with Gasteiger partial charge in [0.15, 0.2) is 17.5 Å². The van der Waals surface area contributed by atoms with Gasteiger partial charge in [0.2, 0.25) is 0 Å². The summed E-state index contributed by atoms with van der Waals surface area (Å²) in [7, 11) is 0. The molecule has 266 valence electrons. The van der Waals surface area contributed by atoms with Crippen LogP contribution in [0.5, 0.6) is 0 Å². The molecule has 12 aromatic rings. The minimum atomic E-state index is 0.528. The fourth-order valence-corrected chi connectivity index (χ4v) is 8.53. The fourth-order valence-electron chi connectivity index (χ4n) is 8.53. The zero-order valence-electron chi connectivity index (χ0n) is 30.4. The molecule has 0 aliphatic heterocycles. The highest BCUT2D eigenvalue weighted by molar-refractivity contribution is 6.16. The summed E-state index contributed by atoms with van der Waals surface area (Å²) in [4.78, 5) is 15.3. The van der Waals surface area contributed by atoms with Crippen LogP contribution in [0, 0.1) is 0 Å². The van der Waals surface area contributed by atoms with Crippen molar-refractivity contribution in [2.45, 2.75) is 0 Å². The number of fused-ring (bicyclic) bond motifs is 9. The zero-order chi connectivity index (χ0) is 37.5. The van der Waals surface area contributed by atoms with Gasteiger partial charge in [0.1, 0.15) is 22.3 Å². The molecule has 8 aromatic carbocycles. The molecule has 57 heavy (non-hydrogen) atoms. The highest BCUT2D eigenvalue weighted by atomic mass is 16.3. The summed E-state index contributed by atoms with van der Waals surface area (Å²) in [6.45, 7) is 0. The molecule has 0 fully saturated rings. The average Bonchev–Trinajstić information content (AvgIpc) is 3.96. The first-order valence-electron chi connectivity index (χ1n) is 19.0. The number of hydrogen-bond acceptors (Lipinski definition) is 5. The lowest BCUT2D eigenvalue weighted by Gasteiger charge is -2.14. The highest BCUT2D eigenvalue weighted by Gasteiger charge is 2.22. The Balaban J connectivity index is 1.07. The number of aromatic nitrogens is 4. The maximum Gasteiger partial charge on any atom is 0.167 e. The van der Waals surface area contributed by atoms with Crippen molar-refractivity contribution in [2.75, 3.05) is 0 Å². The molecule has 6 nitrogen and oxygen atoms in total. The molecule has 0 N–H and O–H groups in total. The van der Waals surface area contributed by atoms with Crippen molar-refractivity contribution < 1.29 is 8.83 Å². The monoisotopic (exact) mass is 730 g/mol. The number of hydrogen-bond donors (Lipinski definition) is 0. The topological polar surface area (TPSA) is 69.9 Å². The van der Waals surface area contributed by atoms with Crippen LogP contribution in [0.3, 0.4) is 0 Å². The van der Waals surface area contributed by atoms with E-state index in [4.69, 9.17) is 23.8 Å². The van der Waals surface area contributed by atoms with Crippen LogP contribution < -0.4 is 0 Å². The number of furan rings is 2. The van der Waals surface area contributed by atoms with Gasteiger partial charge >= 0.3 is 0 Å². The summed E-state index contributed by atoms with van der Waals surface area (Å²) in [6.07, 6.45) is 0. The quantitative estimate of drug-likeness (QED) is 0.176. The van der Waals surface area contributed by atoms with Gasteiger partial charge in [-0.1, -0.05) is 133 Å². The van der Waals surface area contributed by atoms with Gasteiger partial charge in [-0.3, -0.25) is 0 Å².